The predicted molar refractivity (Wildman–Crippen MR) is 78.7 cm³/mol. The molecule has 0 aliphatic carbocycles. The van der Waals surface area contributed by atoms with Crippen molar-refractivity contribution >= 4 is 26.6 Å². The summed E-state index contributed by atoms with van der Waals surface area (Å²) in [4.78, 5) is 4.23. The van der Waals surface area contributed by atoms with E-state index < -0.39 is 10.0 Å². The number of unbranched alkanes of at least 4 members (excludes halogenated alkanes) is 2. The van der Waals surface area contributed by atoms with Gasteiger partial charge < -0.3 is 0 Å². The molecule has 0 amide bonds. The van der Waals surface area contributed by atoms with E-state index in [1.54, 1.807) is 12.3 Å². The maximum absolute atomic E-state index is 12.0. The summed E-state index contributed by atoms with van der Waals surface area (Å²) < 4.78 is 26.6. The van der Waals surface area contributed by atoms with Crippen molar-refractivity contribution in [2.24, 2.45) is 0 Å². The van der Waals surface area contributed by atoms with Gasteiger partial charge in [-0.25, -0.2) is 8.42 Å². The normalized spacial score (nSPS) is 11.6. The highest BCUT2D eigenvalue weighted by Crippen LogP contribution is 2.21. The maximum atomic E-state index is 12.0. The standard InChI is InChI=1S/C14H18N2O2S/c1-2-3-4-11-19(17,18)16-13-9-5-7-12-8-6-10-15-14(12)13/h5-10,16H,2-4,11H2,1H3. The SMILES string of the molecule is CCCCCS(=O)(=O)Nc1cccc2cccnc12. The number of fused-ring (bicyclic) bond motifs is 1. The number of pyridine rings is 1. The van der Waals surface area contributed by atoms with E-state index in [4.69, 9.17) is 0 Å². The Morgan fingerprint density at radius 2 is 1.95 bits per heavy atom. The van der Waals surface area contributed by atoms with Crippen LogP contribution in [-0.4, -0.2) is 19.2 Å². The van der Waals surface area contributed by atoms with E-state index in [9.17, 15) is 8.42 Å². The first-order chi connectivity index (χ1) is 9.12. The smallest absolute Gasteiger partial charge is 0.232 e. The van der Waals surface area contributed by atoms with Crippen molar-refractivity contribution in [3.05, 3.63) is 36.5 Å². The Morgan fingerprint density at radius 1 is 1.16 bits per heavy atom. The lowest BCUT2D eigenvalue weighted by atomic mass is 10.2. The molecule has 0 fully saturated rings. The zero-order chi connectivity index (χ0) is 13.7. The van der Waals surface area contributed by atoms with Crippen LogP contribution in [0.15, 0.2) is 36.5 Å². The third-order valence-electron chi connectivity index (χ3n) is 2.91. The van der Waals surface area contributed by atoms with Gasteiger partial charge in [0.1, 0.15) is 0 Å². The van der Waals surface area contributed by atoms with Crippen LogP contribution in [0.25, 0.3) is 10.9 Å². The topological polar surface area (TPSA) is 59.1 Å². The molecule has 1 aromatic carbocycles. The summed E-state index contributed by atoms with van der Waals surface area (Å²) in [7, 11) is -3.29. The molecule has 0 radical (unpaired) electrons. The van der Waals surface area contributed by atoms with Crippen LogP contribution in [0.1, 0.15) is 26.2 Å². The van der Waals surface area contributed by atoms with Gasteiger partial charge in [-0.05, 0) is 18.6 Å². The van der Waals surface area contributed by atoms with E-state index >= 15 is 0 Å². The quantitative estimate of drug-likeness (QED) is 0.826. The largest absolute Gasteiger partial charge is 0.281 e. The second kappa shape index (κ2) is 6.02. The summed E-state index contributed by atoms with van der Waals surface area (Å²) in [5.74, 6) is 0.157. The van der Waals surface area contributed by atoms with Crippen LogP contribution < -0.4 is 4.72 Å². The van der Waals surface area contributed by atoms with Crippen LogP contribution >= 0.6 is 0 Å². The molecular weight excluding hydrogens is 260 g/mol. The minimum absolute atomic E-state index is 0.157. The Kier molecular flexibility index (Phi) is 4.37. The fourth-order valence-corrected chi connectivity index (χ4v) is 3.13. The molecule has 0 spiro atoms. The molecule has 0 saturated carbocycles. The minimum atomic E-state index is -3.29. The Labute approximate surface area is 113 Å². The van der Waals surface area contributed by atoms with Gasteiger partial charge in [-0.1, -0.05) is 38.0 Å². The number of nitrogens with zero attached hydrogens (tertiary/aromatic N) is 1. The van der Waals surface area contributed by atoms with Crippen LogP contribution in [-0.2, 0) is 10.0 Å². The van der Waals surface area contributed by atoms with Crippen molar-refractivity contribution in [3.8, 4) is 0 Å². The third kappa shape index (κ3) is 3.67. The molecule has 0 atom stereocenters. The van der Waals surface area contributed by atoms with Crippen molar-refractivity contribution in [2.75, 3.05) is 10.5 Å². The van der Waals surface area contributed by atoms with E-state index in [1.165, 1.54) is 0 Å². The number of hydrogen-bond acceptors (Lipinski definition) is 3. The van der Waals surface area contributed by atoms with Crippen molar-refractivity contribution in [1.29, 1.82) is 0 Å². The molecule has 0 unspecified atom stereocenters. The molecule has 0 aliphatic rings. The summed E-state index contributed by atoms with van der Waals surface area (Å²) in [6, 6.07) is 9.23. The molecule has 0 bridgehead atoms. The van der Waals surface area contributed by atoms with Crippen molar-refractivity contribution in [2.45, 2.75) is 26.2 Å². The van der Waals surface area contributed by atoms with Crippen LogP contribution in [0.5, 0.6) is 0 Å². The zero-order valence-corrected chi connectivity index (χ0v) is 11.8. The Balaban J connectivity index is 2.21. The fourth-order valence-electron chi connectivity index (χ4n) is 1.95. The van der Waals surface area contributed by atoms with Gasteiger partial charge in [0.05, 0.1) is 17.0 Å². The average molecular weight is 278 g/mol. The van der Waals surface area contributed by atoms with Crippen LogP contribution in [0, 0.1) is 0 Å². The van der Waals surface area contributed by atoms with Gasteiger partial charge in [0.15, 0.2) is 0 Å². The second-order valence-corrected chi connectivity index (χ2v) is 6.35. The number of anilines is 1. The first-order valence-electron chi connectivity index (χ1n) is 6.46. The van der Waals surface area contributed by atoms with Gasteiger partial charge in [-0.2, -0.15) is 0 Å². The first-order valence-corrected chi connectivity index (χ1v) is 8.12. The molecule has 19 heavy (non-hydrogen) atoms. The Morgan fingerprint density at radius 3 is 2.74 bits per heavy atom. The van der Waals surface area contributed by atoms with Crippen LogP contribution in [0.4, 0.5) is 5.69 Å². The van der Waals surface area contributed by atoms with Crippen molar-refractivity contribution < 1.29 is 8.42 Å². The van der Waals surface area contributed by atoms with Gasteiger partial charge in [0.25, 0.3) is 0 Å². The van der Waals surface area contributed by atoms with Gasteiger partial charge in [-0.3, -0.25) is 9.71 Å². The third-order valence-corrected chi connectivity index (χ3v) is 4.27. The number of sulfonamides is 1. The molecule has 1 aromatic heterocycles. The molecule has 4 nitrogen and oxygen atoms in total. The van der Waals surface area contributed by atoms with Crippen LogP contribution in [0.3, 0.4) is 0 Å². The van der Waals surface area contributed by atoms with Gasteiger partial charge in [0.2, 0.25) is 10.0 Å². The highest BCUT2D eigenvalue weighted by Gasteiger charge is 2.12. The highest BCUT2D eigenvalue weighted by molar-refractivity contribution is 7.92. The molecule has 1 heterocycles. The number of rotatable bonds is 6. The van der Waals surface area contributed by atoms with E-state index in [-0.39, 0.29) is 5.75 Å². The molecular formula is C14H18N2O2S. The maximum Gasteiger partial charge on any atom is 0.232 e. The highest BCUT2D eigenvalue weighted by atomic mass is 32.2. The van der Waals surface area contributed by atoms with Gasteiger partial charge in [0, 0.05) is 11.6 Å². The van der Waals surface area contributed by atoms with Crippen LogP contribution in [0.2, 0.25) is 0 Å². The molecule has 1 N–H and O–H groups in total. The molecule has 2 aromatic rings. The number of nitrogens with one attached hydrogen (secondary N) is 1. The summed E-state index contributed by atoms with van der Waals surface area (Å²) in [6.07, 6.45) is 4.28. The van der Waals surface area contributed by atoms with Gasteiger partial charge in [-0.15, -0.1) is 0 Å². The number of hydrogen-bond donors (Lipinski definition) is 1. The minimum Gasteiger partial charge on any atom is -0.281 e. The lowest BCUT2D eigenvalue weighted by Crippen LogP contribution is -2.17. The molecule has 0 saturated heterocycles. The first kappa shape index (κ1) is 13.8. The number of aromatic nitrogens is 1. The Hall–Kier alpha value is -1.62. The fraction of sp³-hybridized carbons (Fsp3) is 0.357. The molecule has 5 heteroatoms. The summed E-state index contributed by atoms with van der Waals surface area (Å²) in [5, 5.41) is 0.927. The summed E-state index contributed by atoms with van der Waals surface area (Å²) in [6.45, 7) is 2.05. The predicted octanol–water partition coefficient (Wildman–Crippen LogP) is 3.17. The van der Waals surface area contributed by atoms with E-state index in [0.717, 1.165) is 18.2 Å². The Bertz CT molecular complexity index is 648. The summed E-state index contributed by atoms with van der Waals surface area (Å²) >= 11 is 0. The van der Waals surface area contributed by atoms with Crippen molar-refractivity contribution in [3.63, 3.8) is 0 Å². The monoisotopic (exact) mass is 278 g/mol. The zero-order valence-electron chi connectivity index (χ0n) is 11.0. The lowest BCUT2D eigenvalue weighted by Gasteiger charge is -2.09. The van der Waals surface area contributed by atoms with Crippen molar-refractivity contribution in [1.82, 2.24) is 4.98 Å². The molecule has 0 aliphatic heterocycles. The average Bonchev–Trinajstić information content (AvgIpc) is 2.39. The van der Waals surface area contributed by atoms with Gasteiger partial charge >= 0.3 is 0 Å². The number of benzene rings is 1. The summed E-state index contributed by atoms with van der Waals surface area (Å²) in [5.41, 5.74) is 1.23. The molecule has 102 valence electrons. The number of para-hydroxylation sites is 1. The van der Waals surface area contributed by atoms with E-state index in [2.05, 4.69) is 16.6 Å². The second-order valence-electron chi connectivity index (χ2n) is 4.51. The molecule has 2 rings (SSSR count). The lowest BCUT2D eigenvalue weighted by molar-refractivity contribution is 0.596. The van der Waals surface area contributed by atoms with E-state index in [1.807, 2.05) is 24.3 Å². The van der Waals surface area contributed by atoms with E-state index in [0.29, 0.717) is 17.6 Å².